The first-order valence-corrected chi connectivity index (χ1v) is 2.28. The first kappa shape index (κ1) is 4.37. The zero-order chi connectivity index (χ0) is 5.11. The topological polar surface area (TPSA) is 31.2 Å². The molecule has 0 N–H and O–H groups in total. The normalized spacial score (nSPS) is 19.1. The Kier molecular flexibility index (Phi) is 1.11. The van der Waals surface area contributed by atoms with Gasteiger partial charge in [-0.3, -0.25) is 4.79 Å². The number of hydrogen-bond donors (Lipinski definition) is 0. The van der Waals surface area contributed by atoms with Crippen molar-refractivity contribution in [2.24, 2.45) is 0 Å². The zero-order valence-corrected chi connectivity index (χ0v) is 3.92. The number of carbonyl (C=O) groups is 1. The molecule has 0 aromatic carbocycles. The monoisotopic (exact) mass is 96.0 g/mol. The Morgan fingerprint density at radius 2 is 2.57 bits per heavy atom. The molecule has 7 heavy (non-hydrogen) atoms. The van der Waals surface area contributed by atoms with E-state index in [1.807, 2.05) is 6.08 Å². The van der Waals surface area contributed by atoms with Crippen LogP contribution < -0.4 is 5.32 Å². The van der Waals surface area contributed by atoms with Gasteiger partial charge in [-0.25, -0.2) is 5.32 Å². The van der Waals surface area contributed by atoms with Gasteiger partial charge in [-0.1, -0.05) is 6.08 Å². The van der Waals surface area contributed by atoms with Crippen LogP contribution in [0.1, 0.15) is 12.8 Å². The Morgan fingerprint density at radius 1 is 1.71 bits per heavy atom. The summed E-state index contributed by atoms with van der Waals surface area (Å²) < 4.78 is 0. The fourth-order valence-corrected chi connectivity index (χ4v) is 0.482. The first-order chi connectivity index (χ1) is 3.39. The Morgan fingerprint density at radius 3 is 2.86 bits per heavy atom. The fraction of sp³-hybridized carbons (Fsp3) is 0.400. The Balaban J connectivity index is 2.47. The van der Waals surface area contributed by atoms with Crippen LogP contribution >= 0.6 is 0 Å². The molecular weight excluding hydrogens is 90.1 g/mol. The molecule has 0 fully saturated rings. The van der Waals surface area contributed by atoms with E-state index in [4.69, 9.17) is 0 Å². The van der Waals surface area contributed by atoms with Crippen molar-refractivity contribution in [2.75, 3.05) is 0 Å². The van der Waals surface area contributed by atoms with Gasteiger partial charge in [-0.2, -0.15) is 0 Å². The standard InChI is InChI=1S/C5H6NO/c7-5-3-1-2-4-6-5/h2,4H,1,3H2. The van der Waals surface area contributed by atoms with E-state index in [1.54, 1.807) is 6.20 Å². The second kappa shape index (κ2) is 1.78. The number of carbonyl (C=O) groups excluding carboxylic acids is 1. The highest BCUT2D eigenvalue weighted by Gasteiger charge is 2.00. The summed E-state index contributed by atoms with van der Waals surface area (Å²) in [5, 5.41) is 3.51. The van der Waals surface area contributed by atoms with Crippen molar-refractivity contribution in [2.45, 2.75) is 12.8 Å². The van der Waals surface area contributed by atoms with E-state index in [0.717, 1.165) is 6.42 Å². The fourth-order valence-electron chi connectivity index (χ4n) is 0.482. The summed E-state index contributed by atoms with van der Waals surface area (Å²) in [6.45, 7) is 0. The first-order valence-electron chi connectivity index (χ1n) is 2.28. The van der Waals surface area contributed by atoms with Crippen LogP contribution in [0.4, 0.5) is 0 Å². The summed E-state index contributed by atoms with van der Waals surface area (Å²) in [5.41, 5.74) is 0. The van der Waals surface area contributed by atoms with Crippen LogP contribution in [-0.4, -0.2) is 5.91 Å². The molecule has 0 atom stereocenters. The summed E-state index contributed by atoms with van der Waals surface area (Å²) in [6.07, 6.45) is 4.91. The number of hydrogen-bond acceptors (Lipinski definition) is 1. The van der Waals surface area contributed by atoms with Gasteiger partial charge in [0.15, 0.2) is 0 Å². The van der Waals surface area contributed by atoms with Crippen molar-refractivity contribution in [3.05, 3.63) is 12.3 Å². The molecule has 0 unspecified atom stereocenters. The maximum atomic E-state index is 10.2. The molecule has 0 saturated heterocycles. The van der Waals surface area contributed by atoms with Crippen molar-refractivity contribution in [3.8, 4) is 0 Å². The molecule has 2 heteroatoms. The molecule has 0 saturated carbocycles. The second-order valence-electron chi connectivity index (χ2n) is 1.45. The van der Waals surface area contributed by atoms with E-state index in [9.17, 15) is 4.79 Å². The quantitative estimate of drug-likeness (QED) is 0.430. The highest BCUT2D eigenvalue weighted by molar-refractivity contribution is 5.77. The lowest BCUT2D eigenvalue weighted by atomic mass is 10.2. The number of allylic oxidation sites excluding steroid dienone is 1. The minimum Gasteiger partial charge on any atom is -0.273 e. The van der Waals surface area contributed by atoms with E-state index in [2.05, 4.69) is 5.32 Å². The molecule has 37 valence electrons. The minimum atomic E-state index is 0.00231. The van der Waals surface area contributed by atoms with E-state index in [1.165, 1.54) is 0 Å². The lowest BCUT2D eigenvalue weighted by Crippen LogP contribution is -2.11. The number of rotatable bonds is 0. The molecule has 2 nitrogen and oxygen atoms in total. The average molecular weight is 96.1 g/mol. The average Bonchev–Trinajstić information content (AvgIpc) is 1.69. The van der Waals surface area contributed by atoms with E-state index in [0.29, 0.717) is 6.42 Å². The van der Waals surface area contributed by atoms with Crippen LogP contribution in [0.2, 0.25) is 0 Å². The van der Waals surface area contributed by atoms with Gasteiger partial charge in [0.2, 0.25) is 5.91 Å². The van der Waals surface area contributed by atoms with Gasteiger partial charge in [0, 0.05) is 12.6 Å². The summed E-state index contributed by atoms with van der Waals surface area (Å²) in [5.74, 6) is 0.00231. The van der Waals surface area contributed by atoms with Crippen LogP contribution in [0.15, 0.2) is 12.3 Å². The SMILES string of the molecule is O=C1CCC=C[N]1. The Hall–Kier alpha value is -0.790. The molecule has 1 heterocycles. The van der Waals surface area contributed by atoms with Crippen molar-refractivity contribution in [1.29, 1.82) is 0 Å². The number of amides is 1. The maximum Gasteiger partial charge on any atom is 0.245 e. The van der Waals surface area contributed by atoms with E-state index < -0.39 is 0 Å². The van der Waals surface area contributed by atoms with Gasteiger partial charge in [0.05, 0.1) is 0 Å². The molecule has 1 aliphatic rings. The third kappa shape index (κ3) is 1.03. The lowest BCUT2D eigenvalue weighted by molar-refractivity contribution is -0.120. The summed E-state index contributed by atoms with van der Waals surface area (Å²) in [6, 6.07) is 0. The molecule has 0 aliphatic carbocycles. The van der Waals surface area contributed by atoms with Crippen molar-refractivity contribution in [1.82, 2.24) is 5.32 Å². The largest absolute Gasteiger partial charge is 0.273 e. The summed E-state index contributed by atoms with van der Waals surface area (Å²) in [4.78, 5) is 10.2. The Labute approximate surface area is 42.2 Å². The predicted molar refractivity (Wildman–Crippen MR) is 25.5 cm³/mol. The van der Waals surface area contributed by atoms with Crippen LogP contribution in [-0.2, 0) is 4.79 Å². The van der Waals surface area contributed by atoms with Crippen molar-refractivity contribution < 1.29 is 4.79 Å². The third-order valence-corrected chi connectivity index (χ3v) is 0.849. The predicted octanol–water partition coefficient (Wildman–Crippen LogP) is 0.425. The van der Waals surface area contributed by atoms with Gasteiger partial charge >= 0.3 is 0 Å². The van der Waals surface area contributed by atoms with E-state index >= 15 is 0 Å². The molecule has 1 amide bonds. The highest BCUT2D eigenvalue weighted by Crippen LogP contribution is 1.96. The summed E-state index contributed by atoms with van der Waals surface area (Å²) >= 11 is 0. The van der Waals surface area contributed by atoms with Gasteiger partial charge in [0.25, 0.3) is 0 Å². The van der Waals surface area contributed by atoms with Gasteiger partial charge in [-0.15, -0.1) is 0 Å². The van der Waals surface area contributed by atoms with Crippen LogP contribution in [0.5, 0.6) is 0 Å². The second-order valence-corrected chi connectivity index (χ2v) is 1.45. The Bertz CT molecular complexity index is 107. The smallest absolute Gasteiger partial charge is 0.245 e. The minimum absolute atomic E-state index is 0.00231. The molecule has 0 aromatic heterocycles. The molecule has 1 rings (SSSR count). The molecule has 1 radical (unpaired) electrons. The van der Waals surface area contributed by atoms with Gasteiger partial charge < -0.3 is 0 Å². The zero-order valence-electron chi connectivity index (χ0n) is 3.92. The third-order valence-electron chi connectivity index (χ3n) is 0.849. The van der Waals surface area contributed by atoms with Crippen LogP contribution in [0.3, 0.4) is 0 Å². The van der Waals surface area contributed by atoms with Crippen molar-refractivity contribution in [3.63, 3.8) is 0 Å². The molecule has 0 spiro atoms. The van der Waals surface area contributed by atoms with Gasteiger partial charge in [0.1, 0.15) is 0 Å². The van der Waals surface area contributed by atoms with Crippen molar-refractivity contribution >= 4 is 5.91 Å². The summed E-state index contributed by atoms with van der Waals surface area (Å²) in [7, 11) is 0. The maximum absolute atomic E-state index is 10.2. The van der Waals surface area contributed by atoms with E-state index in [-0.39, 0.29) is 5.91 Å². The highest BCUT2D eigenvalue weighted by atomic mass is 16.1. The molecule has 1 aliphatic heterocycles. The lowest BCUT2D eigenvalue weighted by Gasteiger charge is -1.97. The van der Waals surface area contributed by atoms with Crippen LogP contribution in [0.25, 0.3) is 0 Å². The molecular formula is C5H6NO. The van der Waals surface area contributed by atoms with Crippen LogP contribution in [0, 0.1) is 0 Å². The number of nitrogens with zero attached hydrogens (tertiary/aromatic N) is 1. The van der Waals surface area contributed by atoms with Gasteiger partial charge in [-0.05, 0) is 6.42 Å². The molecule has 0 aromatic rings. The molecule has 0 bridgehead atoms.